The molecule has 108 valence electrons. The van der Waals surface area contributed by atoms with Gasteiger partial charge in [0.25, 0.3) is 0 Å². The van der Waals surface area contributed by atoms with Gasteiger partial charge in [0, 0.05) is 14.7 Å². The predicted molar refractivity (Wildman–Crippen MR) is 89.8 cm³/mol. The molecule has 2 aromatic rings. The Labute approximate surface area is 133 Å². The maximum Gasteiger partial charge on any atom is 0.119 e. The fourth-order valence-electron chi connectivity index (χ4n) is 2.04. The molecule has 1 unspecified atom stereocenters. The fourth-order valence-corrected chi connectivity index (χ4v) is 3.59. The third kappa shape index (κ3) is 4.08. The van der Waals surface area contributed by atoms with E-state index in [9.17, 15) is 0 Å². The molecule has 1 atom stereocenters. The lowest BCUT2D eigenvalue weighted by Crippen LogP contribution is -2.20. The number of rotatable bonds is 7. The van der Waals surface area contributed by atoms with Gasteiger partial charge in [0.1, 0.15) is 5.75 Å². The van der Waals surface area contributed by atoms with E-state index in [4.69, 9.17) is 4.74 Å². The molecular weight excluding hydrogens is 334 g/mol. The summed E-state index contributed by atoms with van der Waals surface area (Å²) in [6.07, 6.45) is 1.03. The van der Waals surface area contributed by atoms with E-state index in [2.05, 4.69) is 70.8 Å². The molecule has 0 saturated heterocycles. The Bertz CT molecular complexity index is 524. The summed E-state index contributed by atoms with van der Waals surface area (Å²) in [4.78, 5) is 1.32. The van der Waals surface area contributed by atoms with E-state index in [0.29, 0.717) is 0 Å². The fraction of sp³-hybridized carbons (Fsp3) is 0.375. The van der Waals surface area contributed by atoms with Crippen LogP contribution in [-0.4, -0.2) is 13.2 Å². The van der Waals surface area contributed by atoms with Gasteiger partial charge in [-0.15, -0.1) is 11.3 Å². The first-order chi connectivity index (χ1) is 9.74. The topological polar surface area (TPSA) is 21.3 Å². The molecule has 0 amide bonds. The van der Waals surface area contributed by atoms with E-state index >= 15 is 0 Å². The molecule has 0 aliphatic heterocycles. The number of hydrogen-bond acceptors (Lipinski definition) is 3. The van der Waals surface area contributed by atoms with Crippen LogP contribution in [0.4, 0.5) is 0 Å². The first-order valence-corrected chi connectivity index (χ1v) is 8.62. The van der Waals surface area contributed by atoms with Gasteiger partial charge in [-0.2, -0.15) is 0 Å². The molecule has 1 aromatic heterocycles. The van der Waals surface area contributed by atoms with E-state index in [1.807, 2.05) is 0 Å². The second-order valence-corrected chi connectivity index (χ2v) is 6.43. The van der Waals surface area contributed by atoms with Gasteiger partial charge in [0.05, 0.1) is 12.6 Å². The molecule has 20 heavy (non-hydrogen) atoms. The first kappa shape index (κ1) is 15.5. The minimum atomic E-state index is 0.247. The SMILES string of the molecule is CCCOc1ccc(C(NCC)c2cc(Br)cs2)cc1. The first-order valence-electron chi connectivity index (χ1n) is 6.94. The van der Waals surface area contributed by atoms with Gasteiger partial charge in [-0.05, 0) is 52.7 Å². The summed E-state index contributed by atoms with van der Waals surface area (Å²) in [7, 11) is 0. The van der Waals surface area contributed by atoms with E-state index < -0.39 is 0 Å². The van der Waals surface area contributed by atoms with Crippen LogP contribution in [0.5, 0.6) is 5.75 Å². The summed E-state index contributed by atoms with van der Waals surface area (Å²) in [5, 5.41) is 5.66. The van der Waals surface area contributed by atoms with Crippen LogP contribution >= 0.6 is 27.3 Å². The Morgan fingerprint density at radius 1 is 1.25 bits per heavy atom. The van der Waals surface area contributed by atoms with Crippen molar-refractivity contribution < 1.29 is 4.74 Å². The summed E-state index contributed by atoms with van der Waals surface area (Å²) in [6, 6.07) is 10.8. The second kappa shape index (κ2) is 7.81. The van der Waals surface area contributed by atoms with Crippen molar-refractivity contribution in [3.05, 3.63) is 50.6 Å². The van der Waals surface area contributed by atoms with Gasteiger partial charge in [0.2, 0.25) is 0 Å². The lowest BCUT2D eigenvalue weighted by atomic mass is 10.1. The molecule has 1 heterocycles. The molecule has 0 aliphatic rings. The lowest BCUT2D eigenvalue weighted by molar-refractivity contribution is 0.317. The quantitative estimate of drug-likeness (QED) is 0.756. The molecule has 2 nitrogen and oxygen atoms in total. The molecule has 1 N–H and O–H groups in total. The van der Waals surface area contributed by atoms with Gasteiger partial charge < -0.3 is 10.1 Å². The van der Waals surface area contributed by atoms with Gasteiger partial charge in [-0.1, -0.05) is 26.0 Å². The standard InChI is InChI=1S/C16H20BrNOS/c1-3-9-19-14-7-5-12(6-8-14)16(18-4-2)15-10-13(17)11-20-15/h5-8,10-11,16,18H,3-4,9H2,1-2H3. The third-order valence-corrected chi connectivity index (χ3v) is 4.73. The van der Waals surface area contributed by atoms with E-state index in [-0.39, 0.29) is 6.04 Å². The van der Waals surface area contributed by atoms with Crippen molar-refractivity contribution in [2.75, 3.05) is 13.2 Å². The number of nitrogens with one attached hydrogen (secondary N) is 1. The zero-order chi connectivity index (χ0) is 14.4. The molecule has 4 heteroatoms. The average Bonchev–Trinajstić information content (AvgIpc) is 2.89. The number of hydrogen-bond donors (Lipinski definition) is 1. The van der Waals surface area contributed by atoms with Crippen molar-refractivity contribution in [1.29, 1.82) is 0 Å². The molecule has 0 saturated carbocycles. The summed E-state index contributed by atoms with van der Waals surface area (Å²) < 4.78 is 6.78. The molecule has 2 rings (SSSR count). The normalized spacial score (nSPS) is 12.3. The second-order valence-electron chi connectivity index (χ2n) is 4.58. The van der Waals surface area contributed by atoms with Crippen LogP contribution in [0.1, 0.15) is 36.8 Å². The maximum atomic E-state index is 5.63. The summed E-state index contributed by atoms with van der Waals surface area (Å²) in [5.74, 6) is 0.943. The zero-order valence-electron chi connectivity index (χ0n) is 11.9. The van der Waals surface area contributed by atoms with Gasteiger partial charge >= 0.3 is 0 Å². The van der Waals surface area contributed by atoms with Gasteiger partial charge in [-0.25, -0.2) is 0 Å². The van der Waals surface area contributed by atoms with Crippen molar-refractivity contribution in [3.8, 4) is 5.75 Å². The highest BCUT2D eigenvalue weighted by Gasteiger charge is 2.14. The number of ether oxygens (including phenoxy) is 1. The van der Waals surface area contributed by atoms with Gasteiger partial charge in [0.15, 0.2) is 0 Å². The molecule has 1 aromatic carbocycles. The summed E-state index contributed by atoms with van der Waals surface area (Å²) >= 11 is 5.30. The maximum absolute atomic E-state index is 5.63. The van der Waals surface area contributed by atoms with E-state index in [0.717, 1.165) is 29.8 Å². The Hall–Kier alpha value is -0.840. The van der Waals surface area contributed by atoms with E-state index in [1.54, 1.807) is 11.3 Å². The highest BCUT2D eigenvalue weighted by atomic mass is 79.9. The van der Waals surface area contributed by atoms with Crippen LogP contribution in [0.2, 0.25) is 0 Å². The molecule has 0 fully saturated rings. The largest absolute Gasteiger partial charge is 0.494 e. The zero-order valence-corrected chi connectivity index (χ0v) is 14.3. The van der Waals surface area contributed by atoms with Crippen LogP contribution in [0, 0.1) is 0 Å². The predicted octanol–water partition coefficient (Wildman–Crippen LogP) is 5.00. The van der Waals surface area contributed by atoms with E-state index in [1.165, 1.54) is 10.4 Å². The Morgan fingerprint density at radius 2 is 2.00 bits per heavy atom. The lowest BCUT2D eigenvalue weighted by Gasteiger charge is -2.17. The number of halogens is 1. The van der Waals surface area contributed by atoms with Crippen molar-refractivity contribution in [1.82, 2.24) is 5.32 Å². The highest BCUT2D eigenvalue weighted by molar-refractivity contribution is 9.10. The molecular formula is C16H20BrNOS. The summed E-state index contributed by atoms with van der Waals surface area (Å²) in [5.41, 5.74) is 1.27. The Balaban J connectivity index is 2.17. The van der Waals surface area contributed by atoms with Crippen LogP contribution in [-0.2, 0) is 0 Å². The smallest absolute Gasteiger partial charge is 0.119 e. The molecule has 0 spiro atoms. The number of thiophene rings is 1. The van der Waals surface area contributed by atoms with Crippen molar-refractivity contribution in [2.45, 2.75) is 26.3 Å². The van der Waals surface area contributed by atoms with Crippen LogP contribution in [0.3, 0.4) is 0 Å². The van der Waals surface area contributed by atoms with Crippen LogP contribution in [0.25, 0.3) is 0 Å². The van der Waals surface area contributed by atoms with Crippen LogP contribution < -0.4 is 10.1 Å². The molecule has 0 radical (unpaired) electrons. The monoisotopic (exact) mass is 353 g/mol. The average molecular weight is 354 g/mol. The molecule has 0 aliphatic carbocycles. The van der Waals surface area contributed by atoms with Gasteiger partial charge in [-0.3, -0.25) is 0 Å². The minimum Gasteiger partial charge on any atom is -0.494 e. The molecule has 0 bridgehead atoms. The minimum absolute atomic E-state index is 0.247. The van der Waals surface area contributed by atoms with Crippen molar-refractivity contribution in [3.63, 3.8) is 0 Å². The van der Waals surface area contributed by atoms with Crippen LogP contribution in [0.15, 0.2) is 40.2 Å². The van der Waals surface area contributed by atoms with Crippen molar-refractivity contribution in [2.24, 2.45) is 0 Å². The summed E-state index contributed by atoms with van der Waals surface area (Å²) in [6.45, 7) is 5.96. The highest BCUT2D eigenvalue weighted by Crippen LogP contribution is 2.30. The number of benzene rings is 1. The Kier molecular flexibility index (Phi) is 6.07. The third-order valence-electron chi connectivity index (χ3n) is 2.97. The van der Waals surface area contributed by atoms with Crippen molar-refractivity contribution >= 4 is 27.3 Å². The Morgan fingerprint density at radius 3 is 2.55 bits per heavy atom.